The molecule has 2 N–H and O–H groups in total. The van der Waals surface area contributed by atoms with Crippen LogP contribution in [0.25, 0.3) is 0 Å². The second-order valence-electron chi connectivity index (χ2n) is 4.29. The van der Waals surface area contributed by atoms with Crippen molar-refractivity contribution in [1.29, 1.82) is 0 Å². The first-order valence-electron chi connectivity index (χ1n) is 6.43. The van der Waals surface area contributed by atoms with E-state index in [-0.39, 0.29) is 18.1 Å². The average molecular weight is 303 g/mol. The molecule has 6 nitrogen and oxygen atoms in total. The van der Waals surface area contributed by atoms with Crippen molar-refractivity contribution in [2.75, 3.05) is 12.4 Å². The summed E-state index contributed by atoms with van der Waals surface area (Å²) >= 11 is 0. The average Bonchev–Trinajstić information content (AvgIpc) is 2.54. The molecule has 0 fully saturated rings. The van der Waals surface area contributed by atoms with Gasteiger partial charge in [-0.25, -0.2) is 9.37 Å². The molecule has 0 spiro atoms. The van der Waals surface area contributed by atoms with E-state index in [2.05, 4.69) is 15.6 Å². The summed E-state index contributed by atoms with van der Waals surface area (Å²) in [6.45, 7) is -0.0803. The quantitative estimate of drug-likeness (QED) is 0.839. The maximum Gasteiger partial charge on any atom is 0.313 e. The van der Waals surface area contributed by atoms with Crippen LogP contribution in [0.15, 0.2) is 42.6 Å². The van der Waals surface area contributed by atoms with Gasteiger partial charge in [0.1, 0.15) is 11.5 Å². The van der Waals surface area contributed by atoms with Crippen LogP contribution in [0.3, 0.4) is 0 Å². The van der Waals surface area contributed by atoms with E-state index in [4.69, 9.17) is 4.74 Å². The first-order valence-corrected chi connectivity index (χ1v) is 6.43. The maximum absolute atomic E-state index is 13.4. The molecule has 0 saturated carbocycles. The van der Waals surface area contributed by atoms with Gasteiger partial charge in [-0.3, -0.25) is 9.59 Å². The third-order valence-electron chi connectivity index (χ3n) is 2.82. The van der Waals surface area contributed by atoms with Crippen molar-refractivity contribution in [3.63, 3.8) is 0 Å². The Bertz CT molecular complexity index is 691. The number of halogens is 1. The van der Waals surface area contributed by atoms with E-state index in [0.29, 0.717) is 5.56 Å². The van der Waals surface area contributed by atoms with E-state index in [1.165, 1.54) is 25.4 Å². The van der Waals surface area contributed by atoms with Crippen LogP contribution >= 0.6 is 0 Å². The number of carbonyl (C=O) groups is 2. The first kappa shape index (κ1) is 15.4. The summed E-state index contributed by atoms with van der Waals surface area (Å²) in [5.74, 6) is -2.02. The van der Waals surface area contributed by atoms with E-state index in [0.717, 1.165) is 0 Å². The molecule has 0 bridgehead atoms. The normalized spacial score (nSPS) is 9.91. The van der Waals surface area contributed by atoms with Crippen LogP contribution in [0, 0.1) is 5.82 Å². The molecule has 0 aliphatic carbocycles. The standard InChI is InChI=1S/C15H14FN3O3/c1-22-15-12(7-4-8-17-15)19-14(21)13(20)18-9-10-5-2-3-6-11(10)16/h2-8H,9H2,1H3,(H,18,20)(H,19,21). The first-order chi connectivity index (χ1) is 10.6. The van der Waals surface area contributed by atoms with Gasteiger partial charge in [-0.2, -0.15) is 0 Å². The molecule has 2 aromatic rings. The Morgan fingerprint density at radius 2 is 1.95 bits per heavy atom. The van der Waals surface area contributed by atoms with E-state index in [9.17, 15) is 14.0 Å². The highest BCUT2D eigenvalue weighted by molar-refractivity contribution is 6.39. The summed E-state index contributed by atoms with van der Waals surface area (Å²) < 4.78 is 18.4. The number of ether oxygens (including phenoxy) is 1. The molecule has 0 atom stereocenters. The minimum atomic E-state index is -0.886. The Balaban J connectivity index is 1.95. The number of hydrogen-bond donors (Lipinski definition) is 2. The Hall–Kier alpha value is -2.96. The lowest BCUT2D eigenvalue weighted by Gasteiger charge is -2.09. The SMILES string of the molecule is COc1ncccc1NC(=O)C(=O)NCc1ccccc1F. The zero-order valence-corrected chi connectivity index (χ0v) is 11.8. The number of nitrogens with zero attached hydrogens (tertiary/aromatic N) is 1. The van der Waals surface area contributed by atoms with Gasteiger partial charge in [0.25, 0.3) is 0 Å². The van der Waals surface area contributed by atoms with Gasteiger partial charge in [0, 0.05) is 18.3 Å². The molecule has 114 valence electrons. The molecule has 2 rings (SSSR count). The van der Waals surface area contributed by atoms with Gasteiger partial charge in [0.05, 0.1) is 7.11 Å². The highest BCUT2D eigenvalue weighted by atomic mass is 19.1. The van der Waals surface area contributed by atoms with Crippen molar-refractivity contribution >= 4 is 17.5 Å². The summed E-state index contributed by atoms with van der Waals surface area (Å²) in [5, 5.41) is 4.72. The second kappa shape index (κ2) is 7.16. The van der Waals surface area contributed by atoms with Crippen LogP contribution in [0.5, 0.6) is 5.88 Å². The second-order valence-corrected chi connectivity index (χ2v) is 4.29. The highest BCUT2D eigenvalue weighted by Gasteiger charge is 2.16. The lowest BCUT2D eigenvalue weighted by atomic mass is 10.2. The van der Waals surface area contributed by atoms with Crippen LogP contribution in [0.1, 0.15) is 5.56 Å². The number of amides is 2. The van der Waals surface area contributed by atoms with Crippen LogP contribution in [0.4, 0.5) is 10.1 Å². The van der Waals surface area contributed by atoms with Gasteiger partial charge in [-0.05, 0) is 18.2 Å². The predicted octanol–water partition coefficient (Wildman–Crippen LogP) is 1.48. The number of carbonyl (C=O) groups excluding carboxylic acids is 2. The van der Waals surface area contributed by atoms with E-state index in [1.807, 2.05) is 0 Å². The number of aromatic nitrogens is 1. The minimum Gasteiger partial charge on any atom is -0.480 e. The van der Waals surface area contributed by atoms with Crippen molar-refractivity contribution < 1.29 is 18.7 Å². The fraction of sp³-hybridized carbons (Fsp3) is 0.133. The van der Waals surface area contributed by atoms with Crippen LogP contribution in [-0.2, 0) is 16.1 Å². The lowest BCUT2D eigenvalue weighted by molar-refractivity contribution is -0.136. The van der Waals surface area contributed by atoms with Crippen LogP contribution in [0.2, 0.25) is 0 Å². The smallest absolute Gasteiger partial charge is 0.313 e. The van der Waals surface area contributed by atoms with Gasteiger partial charge in [-0.15, -0.1) is 0 Å². The van der Waals surface area contributed by atoms with E-state index < -0.39 is 17.6 Å². The van der Waals surface area contributed by atoms with Crippen LogP contribution < -0.4 is 15.4 Å². The van der Waals surface area contributed by atoms with Gasteiger partial charge in [0.2, 0.25) is 5.88 Å². The molecule has 0 unspecified atom stereocenters. The highest BCUT2D eigenvalue weighted by Crippen LogP contribution is 2.19. The molecule has 1 aromatic heterocycles. The molecular formula is C15H14FN3O3. The van der Waals surface area contributed by atoms with Gasteiger partial charge < -0.3 is 15.4 Å². The summed E-state index contributed by atoms with van der Waals surface area (Å²) in [4.78, 5) is 27.4. The largest absolute Gasteiger partial charge is 0.480 e. The molecule has 22 heavy (non-hydrogen) atoms. The van der Waals surface area contributed by atoms with Crippen molar-refractivity contribution in [3.05, 3.63) is 54.0 Å². The fourth-order valence-corrected chi connectivity index (χ4v) is 1.73. The van der Waals surface area contributed by atoms with Crippen molar-refractivity contribution in [2.24, 2.45) is 0 Å². The fourth-order valence-electron chi connectivity index (χ4n) is 1.73. The van der Waals surface area contributed by atoms with Crippen molar-refractivity contribution in [1.82, 2.24) is 10.3 Å². The van der Waals surface area contributed by atoms with Gasteiger partial charge in [0.15, 0.2) is 0 Å². The third kappa shape index (κ3) is 3.78. The number of nitrogens with one attached hydrogen (secondary N) is 2. The van der Waals surface area contributed by atoms with E-state index in [1.54, 1.807) is 24.3 Å². The number of rotatable bonds is 4. The summed E-state index contributed by atoms with van der Waals surface area (Å²) in [6, 6.07) is 9.14. The number of anilines is 1. The molecule has 0 radical (unpaired) electrons. The molecule has 2 amide bonds. The Kier molecular flexibility index (Phi) is 5.02. The summed E-state index contributed by atoms with van der Waals surface area (Å²) in [6.07, 6.45) is 1.49. The zero-order chi connectivity index (χ0) is 15.9. The molecule has 0 aliphatic rings. The molecule has 0 saturated heterocycles. The Morgan fingerprint density at radius 3 is 2.68 bits per heavy atom. The Morgan fingerprint density at radius 1 is 1.18 bits per heavy atom. The molecule has 7 heteroatoms. The van der Waals surface area contributed by atoms with E-state index >= 15 is 0 Å². The molecule has 1 heterocycles. The topological polar surface area (TPSA) is 80.3 Å². The number of methoxy groups -OCH3 is 1. The van der Waals surface area contributed by atoms with Crippen LogP contribution in [-0.4, -0.2) is 23.9 Å². The van der Waals surface area contributed by atoms with Crippen molar-refractivity contribution in [2.45, 2.75) is 6.54 Å². The van der Waals surface area contributed by atoms with Gasteiger partial charge in [-0.1, -0.05) is 18.2 Å². The molecule has 1 aromatic carbocycles. The number of hydrogen-bond acceptors (Lipinski definition) is 4. The molecular weight excluding hydrogens is 289 g/mol. The monoisotopic (exact) mass is 303 g/mol. The molecule has 0 aliphatic heterocycles. The summed E-state index contributed by atoms with van der Waals surface area (Å²) in [5.41, 5.74) is 0.568. The number of benzene rings is 1. The predicted molar refractivity (Wildman–Crippen MR) is 77.7 cm³/mol. The lowest BCUT2D eigenvalue weighted by Crippen LogP contribution is -2.35. The zero-order valence-electron chi connectivity index (χ0n) is 11.8. The minimum absolute atomic E-state index is 0.0803. The summed E-state index contributed by atoms with van der Waals surface area (Å²) in [7, 11) is 1.40. The maximum atomic E-state index is 13.4. The third-order valence-corrected chi connectivity index (χ3v) is 2.82. The van der Waals surface area contributed by atoms with Crippen molar-refractivity contribution in [3.8, 4) is 5.88 Å². The van der Waals surface area contributed by atoms with Gasteiger partial charge >= 0.3 is 11.8 Å². The Labute approximate surface area is 126 Å². The number of pyridine rings is 1.